The van der Waals surface area contributed by atoms with Gasteiger partial charge in [0, 0.05) is 24.2 Å². The van der Waals surface area contributed by atoms with Crippen molar-refractivity contribution in [2.45, 2.75) is 99.6 Å². The number of nitrogens with zero attached hydrogens (tertiary/aromatic N) is 2. The average molecular weight is 695 g/mol. The second-order valence-corrected chi connectivity index (χ2v) is 13.3. The molecule has 6 rings (SSSR count). The number of hydrogen-bond donors (Lipinski definition) is 4. The fourth-order valence-corrected chi connectivity index (χ4v) is 7.41. The zero-order valence-corrected chi connectivity index (χ0v) is 28.3. The minimum Gasteiger partial charge on any atom is -0.462 e. The Hall–Kier alpha value is -2.79. The number of fused-ring (bicyclic) bond motifs is 4. The van der Waals surface area contributed by atoms with Gasteiger partial charge in [0.2, 0.25) is 0 Å². The molecule has 4 aliphatic rings. The molecule has 0 radical (unpaired) electrons. The first-order valence-corrected chi connectivity index (χ1v) is 17.3. The predicted octanol–water partition coefficient (Wildman–Crippen LogP) is 2.65. The van der Waals surface area contributed by atoms with Gasteiger partial charge in [0.25, 0.3) is 0 Å². The Morgan fingerprint density at radius 3 is 1.25 bits per heavy atom. The van der Waals surface area contributed by atoms with Gasteiger partial charge in [-0.05, 0) is 76.6 Å². The van der Waals surface area contributed by atoms with Crippen LogP contribution >= 0.6 is 0 Å². The summed E-state index contributed by atoms with van der Waals surface area (Å²) in [6.45, 7) is -0.412. The molecule has 4 heterocycles. The summed E-state index contributed by atoms with van der Waals surface area (Å²) in [6, 6.07) is 20.9. The van der Waals surface area contributed by atoms with Crippen LogP contribution in [0.4, 0.5) is 0 Å². The first-order chi connectivity index (χ1) is 22.6. The minimum atomic E-state index is -2.52. The molecule has 14 heteroatoms. The summed E-state index contributed by atoms with van der Waals surface area (Å²) in [6.07, 6.45) is 8.52. The Bertz CT molecular complexity index is 1170. The number of rotatable bonds is 9. The van der Waals surface area contributed by atoms with Crippen LogP contribution in [0.2, 0.25) is 0 Å². The molecular formula is C34H50N2O11S. The normalized spacial score (nSPS) is 27.9. The lowest BCUT2D eigenvalue weighted by Crippen LogP contribution is -2.43. The van der Waals surface area contributed by atoms with E-state index < -0.39 is 23.2 Å². The highest BCUT2D eigenvalue weighted by molar-refractivity contribution is 7.74. The molecule has 0 aliphatic carbocycles. The van der Waals surface area contributed by atoms with Gasteiger partial charge in [0.15, 0.2) is 0 Å². The van der Waals surface area contributed by atoms with Crippen LogP contribution in [-0.2, 0) is 34.8 Å². The van der Waals surface area contributed by atoms with Gasteiger partial charge in [-0.25, -0.2) is 5.26 Å². The summed E-state index contributed by atoms with van der Waals surface area (Å²) < 4.78 is 30.6. The van der Waals surface area contributed by atoms with Crippen molar-refractivity contribution < 1.29 is 53.1 Å². The summed E-state index contributed by atoms with van der Waals surface area (Å²) in [7, 11) is 4.34. The van der Waals surface area contributed by atoms with E-state index in [1.165, 1.54) is 25.7 Å². The maximum Gasteiger partial charge on any atom is 0.330 e. The second-order valence-electron chi connectivity index (χ2n) is 12.7. The van der Waals surface area contributed by atoms with Crippen molar-refractivity contribution in [3.63, 3.8) is 0 Å². The van der Waals surface area contributed by atoms with E-state index in [4.69, 9.17) is 23.5 Å². The fraction of sp³-hybridized carbons (Fsp3) is 0.588. The van der Waals surface area contributed by atoms with E-state index in [0.717, 1.165) is 36.8 Å². The molecule has 6 N–H and O–H groups in total. The Morgan fingerprint density at radius 1 is 0.708 bits per heavy atom. The highest BCUT2D eigenvalue weighted by Crippen LogP contribution is 2.37. The summed E-state index contributed by atoms with van der Waals surface area (Å²) in [5.74, 6) is -1.72. The number of hydrogen-bond acceptors (Lipinski definition) is 11. The largest absolute Gasteiger partial charge is 0.462 e. The summed E-state index contributed by atoms with van der Waals surface area (Å²) in [4.78, 5) is 29.6. The van der Waals surface area contributed by atoms with Crippen LogP contribution < -0.4 is 0 Å². The zero-order chi connectivity index (χ0) is 33.9. The molecule has 2 aromatic carbocycles. The maximum absolute atomic E-state index is 12.4. The van der Waals surface area contributed by atoms with Crippen molar-refractivity contribution >= 4 is 23.3 Å². The molecule has 0 spiro atoms. The van der Waals surface area contributed by atoms with Crippen LogP contribution in [0.5, 0.6) is 0 Å². The van der Waals surface area contributed by atoms with Gasteiger partial charge in [0.1, 0.15) is 24.0 Å². The molecule has 13 nitrogen and oxygen atoms in total. The molecule has 7 unspecified atom stereocenters. The van der Waals surface area contributed by atoms with Gasteiger partial charge in [-0.2, -0.15) is 4.21 Å². The summed E-state index contributed by atoms with van der Waals surface area (Å²) >= 11 is -2.52. The van der Waals surface area contributed by atoms with Gasteiger partial charge in [0.05, 0.1) is 13.2 Å². The molecule has 0 aromatic heterocycles. The molecule has 7 atom stereocenters. The number of aliphatic hydroxyl groups excluding tert-OH is 2. The SMILES string of the molecule is CN1C2CCC1CC(OC(=O)C(CO)c1ccccc1)C2.CN1C2CCC1CC(OC(=O)C(CO)c1ccccc1)C2.O.O=S(O)OO. The van der Waals surface area contributed by atoms with E-state index in [0.29, 0.717) is 24.2 Å². The van der Waals surface area contributed by atoms with E-state index in [1.807, 2.05) is 60.7 Å². The fourth-order valence-electron chi connectivity index (χ4n) is 7.41. The molecule has 0 saturated carbocycles. The molecular weight excluding hydrogens is 644 g/mol. The van der Waals surface area contributed by atoms with E-state index in [2.05, 4.69) is 28.2 Å². The first-order valence-electron chi connectivity index (χ1n) is 16.2. The standard InChI is InChI=1S/2C17H23NO3.H2O4S.H2O/c2*1-18-13-7-8-14(18)10-15(9-13)21-17(20)16(11-19)12-5-3-2-4-6-12;1-4-5(2)3;/h2*2-6,13-16,19H,7-11H2,1H3;1H,(H,2,3);1H2. The highest BCUT2D eigenvalue weighted by atomic mass is 32.2. The maximum atomic E-state index is 12.4. The van der Waals surface area contributed by atoms with E-state index in [-0.39, 0.29) is 42.8 Å². The van der Waals surface area contributed by atoms with Crippen LogP contribution in [0.1, 0.15) is 74.3 Å². The van der Waals surface area contributed by atoms with Gasteiger partial charge in [-0.15, -0.1) is 4.33 Å². The van der Waals surface area contributed by atoms with Crippen LogP contribution in [0.15, 0.2) is 60.7 Å². The van der Waals surface area contributed by atoms with Gasteiger partial charge in [-0.3, -0.25) is 14.1 Å². The number of piperidine rings is 2. The smallest absolute Gasteiger partial charge is 0.330 e. The second kappa shape index (κ2) is 19.4. The van der Waals surface area contributed by atoms with Gasteiger partial charge >= 0.3 is 23.3 Å². The van der Waals surface area contributed by atoms with Crippen LogP contribution in [0.3, 0.4) is 0 Å². The van der Waals surface area contributed by atoms with Crippen molar-refractivity contribution in [2.75, 3.05) is 27.3 Å². The zero-order valence-electron chi connectivity index (χ0n) is 27.5. The summed E-state index contributed by atoms with van der Waals surface area (Å²) in [5.41, 5.74) is 1.64. The molecule has 268 valence electrons. The monoisotopic (exact) mass is 694 g/mol. The third kappa shape index (κ3) is 10.6. The average Bonchev–Trinajstić information content (AvgIpc) is 3.38. The third-order valence-electron chi connectivity index (χ3n) is 10.1. The van der Waals surface area contributed by atoms with E-state index in [9.17, 15) is 19.8 Å². The van der Waals surface area contributed by atoms with Crippen molar-refractivity contribution in [3.8, 4) is 0 Å². The molecule has 4 bridgehead atoms. The minimum absolute atomic E-state index is 0. The van der Waals surface area contributed by atoms with Gasteiger partial charge < -0.3 is 35.0 Å². The van der Waals surface area contributed by atoms with Crippen LogP contribution in [-0.4, -0.2) is 115 Å². The summed E-state index contributed by atoms with van der Waals surface area (Å²) in [5, 5.41) is 26.2. The van der Waals surface area contributed by atoms with Crippen molar-refractivity contribution in [3.05, 3.63) is 71.8 Å². The van der Waals surface area contributed by atoms with E-state index in [1.54, 1.807) is 0 Å². The van der Waals surface area contributed by atoms with Crippen molar-refractivity contribution in [1.82, 2.24) is 9.80 Å². The first kappa shape index (κ1) is 39.6. The van der Waals surface area contributed by atoms with Crippen molar-refractivity contribution in [2.24, 2.45) is 0 Å². The Balaban J connectivity index is 0.000000225. The van der Waals surface area contributed by atoms with Crippen LogP contribution in [0, 0.1) is 0 Å². The van der Waals surface area contributed by atoms with Gasteiger partial charge in [-0.1, -0.05) is 60.7 Å². The molecule has 48 heavy (non-hydrogen) atoms. The number of esters is 2. The van der Waals surface area contributed by atoms with Crippen molar-refractivity contribution in [1.29, 1.82) is 0 Å². The number of ether oxygens (including phenoxy) is 2. The molecule has 4 aliphatic heterocycles. The Morgan fingerprint density at radius 2 is 1.00 bits per heavy atom. The Labute approximate surface area is 284 Å². The number of carbonyl (C=O) groups is 2. The lowest BCUT2D eigenvalue weighted by atomic mass is 9.98. The molecule has 0 amide bonds. The number of aliphatic hydroxyl groups is 2. The molecule has 2 aromatic rings. The lowest BCUT2D eigenvalue weighted by molar-refractivity contribution is -0.156. The Kier molecular flexibility index (Phi) is 16.0. The van der Waals surface area contributed by atoms with E-state index >= 15 is 0 Å². The quantitative estimate of drug-likeness (QED) is 0.130. The topological polar surface area (TPSA) is 198 Å². The molecule has 4 saturated heterocycles. The molecule has 4 fully saturated rings. The highest BCUT2D eigenvalue weighted by Gasteiger charge is 2.41. The number of carbonyl (C=O) groups excluding carboxylic acids is 2. The lowest BCUT2D eigenvalue weighted by Gasteiger charge is -2.36. The van der Waals surface area contributed by atoms with Crippen LogP contribution in [0.25, 0.3) is 0 Å². The third-order valence-corrected chi connectivity index (χ3v) is 10.2. The number of benzene rings is 2. The predicted molar refractivity (Wildman–Crippen MR) is 178 cm³/mol.